The van der Waals surface area contributed by atoms with E-state index in [0.29, 0.717) is 47.6 Å². The van der Waals surface area contributed by atoms with Gasteiger partial charge >= 0.3 is 0 Å². The number of hydrogen-bond donors (Lipinski definition) is 3. The number of benzene rings is 1. The fraction of sp³-hybridized carbons (Fsp3) is 0.280. The number of fused-ring (bicyclic) bond motifs is 1. The van der Waals surface area contributed by atoms with Crippen molar-refractivity contribution in [2.24, 2.45) is 0 Å². The van der Waals surface area contributed by atoms with E-state index in [0.717, 1.165) is 12.1 Å². The van der Waals surface area contributed by atoms with Crippen molar-refractivity contribution in [3.05, 3.63) is 65.7 Å². The fourth-order valence-corrected chi connectivity index (χ4v) is 5.49. The minimum absolute atomic E-state index is 0.0748. The molecule has 38 heavy (non-hydrogen) atoms. The number of halogens is 2. The largest absolute Gasteiger partial charge is 0.391 e. The smallest absolute Gasteiger partial charge is 0.232 e. The zero-order chi connectivity index (χ0) is 27.0. The van der Waals surface area contributed by atoms with Crippen molar-refractivity contribution in [1.82, 2.24) is 19.9 Å². The lowest BCUT2D eigenvalue weighted by Gasteiger charge is -2.15. The monoisotopic (exact) mass is 542 g/mol. The zero-order valence-electron chi connectivity index (χ0n) is 20.3. The summed E-state index contributed by atoms with van der Waals surface area (Å²) in [4.78, 5) is 31.2. The lowest BCUT2D eigenvalue weighted by molar-refractivity contribution is 0.103. The van der Waals surface area contributed by atoms with Gasteiger partial charge in [0.2, 0.25) is 16.0 Å². The standard InChI is InChI=1S/C25H24F2N6O4S/c1-2-7-38(36,37)32-22-20(26)4-3-17(21(22)27)23(35)19-12-29-24-18(19)8-14(9-28-24)15-10-30-25(31-11-15)33-6-5-16(34)13-33/h3-4,8-12,16,32,34H,2,5-7,13H2,1H3,(H,28,29). The second-order valence-electron chi connectivity index (χ2n) is 9.02. The van der Waals surface area contributed by atoms with Crippen molar-refractivity contribution in [3.63, 3.8) is 0 Å². The number of hydrogen-bond acceptors (Lipinski definition) is 8. The molecule has 0 amide bonds. The van der Waals surface area contributed by atoms with Crippen LogP contribution in [0.25, 0.3) is 22.2 Å². The summed E-state index contributed by atoms with van der Waals surface area (Å²) in [5.74, 6) is -3.04. The number of pyridine rings is 1. The highest BCUT2D eigenvalue weighted by Crippen LogP contribution is 2.29. The molecule has 4 heterocycles. The summed E-state index contributed by atoms with van der Waals surface area (Å²) in [7, 11) is -3.99. The molecule has 0 aliphatic carbocycles. The molecule has 5 rings (SSSR count). The summed E-state index contributed by atoms with van der Waals surface area (Å²) in [5.41, 5.74) is 0.283. The molecular weight excluding hydrogens is 518 g/mol. The Bertz CT molecular complexity index is 1630. The Kier molecular flexibility index (Phi) is 6.80. The molecular formula is C25H24F2N6O4S. The van der Waals surface area contributed by atoms with E-state index in [4.69, 9.17) is 0 Å². The number of aliphatic hydroxyl groups excluding tert-OH is 1. The quantitative estimate of drug-likeness (QED) is 0.288. The van der Waals surface area contributed by atoms with Gasteiger partial charge in [-0.15, -0.1) is 0 Å². The SMILES string of the molecule is CCCS(=O)(=O)Nc1c(F)ccc(C(=O)c2c[nH]c3ncc(-c4cnc(N5CCC(O)C5)nc4)cc23)c1F. The molecule has 1 fully saturated rings. The van der Waals surface area contributed by atoms with Gasteiger partial charge in [0.25, 0.3) is 0 Å². The molecule has 1 aliphatic rings. The number of nitrogens with one attached hydrogen (secondary N) is 2. The molecule has 0 bridgehead atoms. The maximum atomic E-state index is 15.2. The Morgan fingerprint density at radius 1 is 1.16 bits per heavy atom. The highest BCUT2D eigenvalue weighted by atomic mass is 32.2. The molecule has 4 aromatic rings. The van der Waals surface area contributed by atoms with E-state index in [1.165, 1.54) is 6.20 Å². The maximum Gasteiger partial charge on any atom is 0.232 e. The first-order valence-electron chi connectivity index (χ1n) is 11.9. The van der Waals surface area contributed by atoms with Crippen molar-refractivity contribution in [2.45, 2.75) is 25.9 Å². The summed E-state index contributed by atoms with van der Waals surface area (Å²) in [6, 6.07) is 3.50. The third-order valence-electron chi connectivity index (χ3n) is 6.26. The Labute approximate surface area is 216 Å². The van der Waals surface area contributed by atoms with Gasteiger partial charge in [-0.2, -0.15) is 0 Å². The van der Waals surface area contributed by atoms with Crippen LogP contribution < -0.4 is 9.62 Å². The second-order valence-corrected chi connectivity index (χ2v) is 10.9. The van der Waals surface area contributed by atoms with Gasteiger partial charge in [0, 0.05) is 60.0 Å². The summed E-state index contributed by atoms with van der Waals surface area (Å²) in [5, 5.41) is 10.1. The molecule has 198 valence electrons. The summed E-state index contributed by atoms with van der Waals surface area (Å²) < 4.78 is 55.7. The van der Waals surface area contributed by atoms with Gasteiger partial charge in [0.1, 0.15) is 17.2 Å². The summed E-state index contributed by atoms with van der Waals surface area (Å²) in [6.07, 6.45) is 6.65. The van der Waals surface area contributed by atoms with Crippen molar-refractivity contribution in [3.8, 4) is 11.1 Å². The molecule has 3 aromatic heterocycles. The summed E-state index contributed by atoms with van der Waals surface area (Å²) in [6.45, 7) is 2.73. The number of aromatic amines is 1. The minimum Gasteiger partial charge on any atom is -0.391 e. The average molecular weight is 543 g/mol. The van der Waals surface area contributed by atoms with Crippen LogP contribution in [0.4, 0.5) is 20.4 Å². The number of aromatic nitrogens is 4. The van der Waals surface area contributed by atoms with Crippen molar-refractivity contribution >= 4 is 38.5 Å². The maximum absolute atomic E-state index is 15.2. The number of rotatable bonds is 8. The molecule has 3 N–H and O–H groups in total. The molecule has 1 saturated heterocycles. The van der Waals surface area contributed by atoms with E-state index in [-0.39, 0.29) is 17.7 Å². The van der Waals surface area contributed by atoms with Crippen LogP contribution in [0.15, 0.2) is 43.0 Å². The van der Waals surface area contributed by atoms with E-state index in [2.05, 4.69) is 19.9 Å². The normalized spacial score (nSPS) is 15.8. The predicted molar refractivity (Wildman–Crippen MR) is 137 cm³/mol. The van der Waals surface area contributed by atoms with Crippen LogP contribution in [0.3, 0.4) is 0 Å². The highest BCUT2D eigenvalue weighted by molar-refractivity contribution is 7.92. The summed E-state index contributed by atoms with van der Waals surface area (Å²) >= 11 is 0. The van der Waals surface area contributed by atoms with Crippen LogP contribution in [0.2, 0.25) is 0 Å². The number of β-amino-alcohol motifs (C(OH)–C–C–N with tert-alkyl or cyclic N) is 1. The molecule has 0 spiro atoms. The van der Waals surface area contributed by atoms with Crippen LogP contribution in [-0.2, 0) is 10.0 Å². The predicted octanol–water partition coefficient (Wildman–Crippen LogP) is 3.25. The number of anilines is 2. The average Bonchev–Trinajstić information content (AvgIpc) is 3.52. The van der Waals surface area contributed by atoms with Crippen molar-refractivity contribution < 1.29 is 27.1 Å². The molecule has 0 radical (unpaired) electrons. The van der Waals surface area contributed by atoms with Gasteiger partial charge in [0.05, 0.1) is 17.4 Å². The number of sulfonamides is 1. The number of carbonyl (C=O) groups is 1. The van der Waals surface area contributed by atoms with Gasteiger partial charge in [-0.25, -0.2) is 32.2 Å². The Hall–Kier alpha value is -3.97. The molecule has 0 saturated carbocycles. The van der Waals surface area contributed by atoms with Gasteiger partial charge < -0.3 is 15.0 Å². The van der Waals surface area contributed by atoms with Crippen LogP contribution in [0, 0.1) is 11.6 Å². The van der Waals surface area contributed by atoms with Crippen molar-refractivity contribution in [1.29, 1.82) is 0 Å². The Morgan fingerprint density at radius 2 is 1.89 bits per heavy atom. The number of ketones is 1. The number of H-pyrrole nitrogens is 1. The number of nitrogens with zero attached hydrogens (tertiary/aromatic N) is 4. The van der Waals surface area contributed by atoms with E-state index in [1.54, 1.807) is 31.6 Å². The second kappa shape index (κ2) is 10.1. The minimum atomic E-state index is -3.99. The lowest BCUT2D eigenvalue weighted by Crippen LogP contribution is -2.23. The molecule has 1 atom stereocenters. The Morgan fingerprint density at radius 3 is 2.58 bits per heavy atom. The van der Waals surface area contributed by atoms with E-state index < -0.39 is 44.8 Å². The van der Waals surface area contributed by atoms with Gasteiger partial charge in [-0.1, -0.05) is 6.92 Å². The zero-order valence-corrected chi connectivity index (χ0v) is 21.1. The third kappa shape index (κ3) is 4.94. The molecule has 1 aromatic carbocycles. The third-order valence-corrected chi connectivity index (χ3v) is 7.72. The first-order valence-corrected chi connectivity index (χ1v) is 13.6. The van der Waals surface area contributed by atoms with Gasteiger partial charge in [0.15, 0.2) is 11.6 Å². The first kappa shape index (κ1) is 25.7. The van der Waals surface area contributed by atoms with Crippen LogP contribution in [0.1, 0.15) is 35.7 Å². The van der Waals surface area contributed by atoms with E-state index in [9.17, 15) is 22.7 Å². The van der Waals surface area contributed by atoms with Crippen LogP contribution in [-0.4, -0.2) is 64.2 Å². The van der Waals surface area contributed by atoms with E-state index >= 15 is 4.39 Å². The van der Waals surface area contributed by atoms with Crippen LogP contribution >= 0.6 is 0 Å². The highest BCUT2D eigenvalue weighted by Gasteiger charge is 2.25. The number of aliphatic hydroxyl groups is 1. The van der Waals surface area contributed by atoms with E-state index in [1.807, 2.05) is 9.62 Å². The molecule has 1 aliphatic heterocycles. The lowest BCUT2D eigenvalue weighted by atomic mass is 10.0. The molecule has 1 unspecified atom stereocenters. The number of carbonyl (C=O) groups excluding carboxylic acids is 1. The first-order chi connectivity index (χ1) is 18.2. The van der Waals surface area contributed by atoms with Gasteiger partial charge in [-0.3, -0.25) is 9.52 Å². The molecule has 13 heteroatoms. The van der Waals surface area contributed by atoms with Gasteiger partial charge in [-0.05, 0) is 31.0 Å². The Balaban J connectivity index is 1.47. The molecule has 10 nitrogen and oxygen atoms in total. The van der Waals surface area contributed by atoms with Crippen LogP contribution in [0.5, 0.6) is 0 Å². The fourth-order valence-electron chi connectivity index (χ4n) is 4.35. The topological polar surface area (TPSA) is 141 Å². The van der Waals surface area contributed by atoms with Crippen molar-refractivity contribution in [2.75, 3.05) is 28.5 Å².